The molecule has 0 bridgehead atoms. The molecule has 0 unspecified atom stereocenters. The number of aliphatic hydroxyl groups excluding tert-OH is 1. The zero-order valence-electron chi connectivity index (χ0n) is 9.83. The number of carbonyl (C=O) groups excluding carboxylic acids is 1. The number of halogens is 1. The molecule has 0 radical (unpaired) electrons. The van der Waals surface area contributed by atoms with Crippen LogP contribution in [0, 0.1) is 5.41 Å². The number of rotatable bonds is 4. The van der Waals surface area contributed by atoms with Crippen LogP contribution in [0.4, 0.5) is 0 Å². The van der Waals surface area contributed by atoms with Crippen LogP contribution >= 0.6 is 28.6 Å². The number of hydrogen-bond donors (Lipinski definition) is 3. The summed E-state index contributed by atoms with van der Waals surface area (Å²) in [6.45, 7) is 4.22. The van der Waals surface area contributed by atoms with Crippen molar-refractivity contribution in [3.8, 4) is 0 Å². The van der Waals surface area contributed by atoms with Gasteiger partial charge in [0.15, 0.2) is 0 Å². The van der Waals surface area contributed by atoms with E-state index in [2.05, 4.69) is 33.9 Å². The Bertz CT molecular complexity index is 421. The molecule has 0 heterocycles. The maximum absolute atomic E-state index is 11.9. The number of benzene rings is 1. The van der Waals surface area contributed by atoms with Crippen LogP contribution in [0.25, 0.3) is 0 Å². The molecule has 17 heavy (non-hydrogen) atoms. The molecule has 0 aromatic heterocycles. The first-order valence-corrected chi connectivity index (χ1v) is 6.47. The summed E-state index contributed by atoms with van der Waals surface area (Å²) in [7, 11) is 0. The first-order chi connectivity index (χ1) is 7.85. The Morgan fingerprint density at radius 1 is 1.53 bits per heavy atom. The number of amides is 1. The SMILES string of the molecule is CC(C)(CO)CNC(=O)c1ccc(Br)cc1S. The molecule has 0 saturated carbocycles. The highest BCUT2D eigenvalue weighted by Gasteiger charge is 2.18. The number of thiol groups is 1. The maximum Gasteiger partial charge on any atom is 0.252 e. The van der Waals surface area contributed by atoms with Gasteiger partial charge in [0, 0.05) is 27.9 Å². The first-order valence-electron chi connectivity index (χ1n) is 5.23. The predicted molar refractivity (Wildman–Crippen MR) is 74.6 cm³/mol. The highest BCUT2D eigenvalue weighted by atomic mass is 79.9. The van der Waals surface area contributed by atoms with Gasteiger partial charge in [0.1, 0.15) is 0 Å². The molecule has 0 spiro atoms. The summed E-state index contributed by atoms with van der Waals surface area (Å²) < 4.78 is 0.884. The molecule has 0 atom stereocenters. The van der Waals surface area contributed by atoms with Gasteiger partial charge in [0.25, 0.3) is 5.91 Å². The van der Waals surface area contributed by atoms with Crippen molar-refractivity contribution in [1.29, 1.82) is 0 Å². The quantitative estimate of drug-likeness (QED) is 0.747. The summed E-state index contributed by atoms with van der Waals surface area (Å²) in [5.41, 5.74) is 0.215. The fourth-order valence-corrected chi connectivity index (χ4v) is 2.02. The molecule has 1 aromatic rings. The third kappa shape index (κ3) is 4.33. The van der Waals surface area contributed by atoms with Gasteiger partial charge < -0.3 is 10.4 Å². The van der Waals surface area contributed by atoms with Crippen LogP contribution in [0.2, 0.25) is 0 Å². The normalized spacial score (nSPS) is 11.4. The maximum atomic E-state index is 11.9. The molecule has 94 valence electrons. The van der Waals surface area contributed by atoms with Crippen molar-refractivity contribution < 1.29 is 9.90 Å². The average Bonchev–Trinajstić information content (AvgIpc) is 2.26. The van der Waals surface area contributed by atoms with E-state index in [9.17, 15) is 4.79 Å². The Balaban J connectivity index is 2.71. The second-order valence-electron chi connectivity index (χ2n) is 4.67. The molecule has 0 fully saturated rings. The molecule has 1 amide bonds. The van der Waals surface area contributed by atoms with Crippen LogP contribution in [0.1, 0.15) is 24.2 Å². The van der Waals surface area contributed by atoms with E-state index in [0.29, 0.717) is 17.0 Å². The van der Waals surface area contributed by atoms with E-state index < -0.39 is 0 Å². The van der Waals surface area contributed by atoms with Crippen LogP contribution in [0.3, 0.4) is 0 Å². The van der Waals surface area contributed by atoms with Gasteiger partial charge in [-0.05, 0) is 18.2 Å². The van der Waals surface area contributed by atoms with Gasteiger partial charge in [-0.15, -0.1) is 12.6 Å². The fraction of sp³-hybridized carbons (Fsp3) is 0.417. The lowest BCUT2D eigenvalue weighted by Gasteiger charge is -2.22. The Hall–Kier alpha value is -0.520. The zero-order chi connectivity index (χ0) is 13.1. The molecule has 1 aromatic carbocycles. The molecule has 5 heteroatoms. The van der Waals surface area contributed by atoms with E-state index >= 15 is 0 Å². The molecule has 2 N–H and O–H groups in total. The van der Waals surface area contributed by atoms with E-state index in [4.69, 9.17) is 5.11 Å². The number of nitrogens with one attached hydrogen (secondary N) is 1. The van der Waals surface area contributed by atoms with Gasteiger partial charge in [-0.1, -0.05) is 29.8 Å². The topological polar surface area (TPSA) is 49.3 Å². The third-order valence-corrected chi connectivity index (χ3v) is 3.22. The van der Waals surface area contributed by atoms with Crippen LogP contribution in [-0.4, -0.2) is 24.2 Å². The standard InChI is InChI=1S/C12H16BrNO2S/c1-12(2,7-15)6-14-11(16)9-4-3-8(13)5-10(9)17/h3-5,15,17H,6-7H2,1-2H3,(H,14,16). The summed E-state index contributed by atoms with van der Waals surface area (Å²) in [4.78, 5) is 12.5. The Morgan fingerprint density at radius 3 is 2.71 bits per heavy atom. The molecule has 0 saturated heterocycles. The largest absolute Gasteiger partial charge is 0.396 e. The minimum absolute atomic E-state index is 0.0291. The van der Waals surface area contributed by atoms with Crippen LogP contribution in [0.15, 0.2) is 27.6 Å². The summed E-state index contributed by atoms with van der Waals surface area (Å²) in [6.07, 6.45) is 0. The number of hydrogen-bond acceptors (Lipinski definition) is 3. The second kappa shape index (κ2) is 5.89. The van der Waals surface area contributed by atoms with E-state index in [1.165, 1.54) is 0 Å². The van der Waals surface area contributed by atoms with Gasteiger partial charge in [0.2, 0.25) is 0 Å². The van der Waals surface area contributed by atoms with Crippen molar-refractivity contribution >= 4 is 34.5 Å². The molecule has 1 rings (SSSR count). The van der Waals surface area contributed by atoms with Crippen molar-refractivity contribution in [1.82, 2.24) is 5.32 Å². The van der Waals surface area contributed by atoms with E-state index in [1.54, 1.807) is 18.2 Å². The van der Waals surface area contributed by atoms with Crippen LogP contribution in [-0.2, 0) is 0 Å². The van der Waals surface area contributed by atoms with Crippen molar-refractivity contribution in [2.45, 2.75) is 18.7 Å². The van der Waals surface area contributed by atoms with Gasteiger partial charge in [-0.2, -0.15) is 0 Å². The molecule has 0 aliphatic heterocycles. The first kappa shape index (κ1) is 14.5. The number of carbonyl (C=O) groups is 1. The summed E-state index contributed by atoms with van der Waals surface area (Å²) in [5, 5.41) is 11.9. The highest BCUT2D eigenvalue weighted by Crippen LogP contribution is 2.20. The van der Waals surface area contributed by atoms with Crippen molar-refractivity contribution in [3.05, 3.63) is 28.2 Å². The molecular weight excluding hydrogens is 302 g/mol. The molecule has 3 nitrogen and oxygen atoms in total. The Morgan fingerprint density at radius 2 is 2.18 bits per heavy atom. The smallest absolute Gasteiger partial charge is 0.252 e. The van der Waals surface area contributed by atoms with Gasteiger partial charge in [-0.3, -0.25) is 4.79 Å². The van der Waals surface area contributed by atoms with Crippen molar-refractivity contribution in [2.24, 2.45) is 5.41 Å². The number of aliphatic hydroxyl groups is 1. The fourth-order valence-electron chi connectivity index (χ4n) is 1.17. The monoisotopic (exact) mass is 317 g/mol. The van der Waals surface area contributed by atoms with Crippen molar-refractivity contribution in [3.63, 3.8) is 0 Å². The summed E-state index contributed by atoms with van der Waals surface area (Å²) in [6, 6.07) is 5.29. The zero-order valence-corrected chi connectivity index (χ0v) is 12.3. The third-order valence-electron chi connectivity index (χ3n) is 2.36. The van der Waals surface area contributed by atoms with Crippen molar-refractivity contribution in [2.75, 3.05) is 13.2 Å². The minimum atomic E-state index is -0.318. The van der Waals surface area contributed by atoms with Crippen LogP contribution < -0.4 is 5.32 Å². The summed E-state index contributed by atoms with van der Waals surface area (Å²) >= 11 is 7.57. The van der Waals surface area contributed by atoms with Gasteiger partial charge in [-0.25, -0.2) is 0 Å². The molecule has 0 aliphatic carbocycles. The summed E-state index contributed by atoms with van der Waals surface area (Å²) in [5.74, 6) is -0.177. The Labute approximate surface area is 115 Å². The second-order valence-corrected chi connectivity index (χ2v) is 6.06. The average molecular weight is 318 g/mol. The predicted octanol–water partition coefficient (Wildman–Crippen LogP) is 2.49. The highest BCUT2D eigenvalue weighted by molar-refractivity contribution is 9.10. The lowest BCUT2D eigenvalue weighted by Crippen LogP contribution is -2.36. The van der Waals surface area contributed by atoms with E-state index in [0.717, 1.165) is 4.47 Å². The van der Waals surface area contributed by atoms with Gasteiger partial charge >= 0.3 is 0 Å². The van der Waals surface area contributed by atoms with Gasteiger partial charge in [0.05, 0.1) is 5.56 Å². The Kier molecular flexibility index (Phi) is 5.04. The molecular formula is C12H16BrNO2S. The minimum Gasteiger partial charge on any atom is -0.396 e. The van der Waals surface area contributed by atoms with E-state index in [1.807, 2.05) is 13.8 Å². The van der Waals surface area contributed by atoms with Crippen LogP contribution in [0.5, 0.6) is 0 Å². The lowest BCUT2D eigenvalue weighted by atomic mass is 9.95. The van der Waals surface area contributed by atoms with E-state index in [-0.39, 0.29) is 17.9 Å². The molecule has 0 aliphatic rings. The lowest BCUT2D eigenvalue weighted by molar-refractivity contribution is 0.0908.